The summed E-state index contributed by atoms with van der Waals surface area (Å²) in [6.07, 6.45) is 3.25. The average Bonchev–Trinajstić information content (AvgIpc) is 2.82. The Morgan fingerprint density at radius 3 is 2.67 bits per heavy atom. The van der Waals surface area contributed by atoms with Crippen LogP contribution in [0.3, 0.4) is 0 Å². The first-order chi connectivity index (χ1) is 9.85. The molecule has 0 bridgehead atoms. The summed E-state index contributed by atoms with van der Waals surface area (Å²) in [6, 6.07) is 0.606. The van der Waals surface area contributed by atoms with Crippen LogP contribution in [0.2, 0.25) is 0 Å². The second-order valence-corrected chi connectivity index (χ2v) is 7.41. The first-order valence-electron chi connectivity index (χ1n) is 6.51. The molecular formula is C12H16BrNO6S. The number of furan rings is 1. The number of aliphatic hydroxyl groups excluding tert-OH is 1. The maximum Gasteiger partial charge on any atom is 0.371 e. The van der Waals surface area contributed by atoms with Gasteiger partial charge in [-0.3, -0.25) is 0 Å². The van der Waals surface area contributed by atoms with Crippen LogP contribution in [0.5, 0.6) is 0 Å². The number of carboxylic acid groups (broad SMARTS) is 1. The van der Waals surface area contributed by atoms with Gasteiger partial charge in [0.15, 0.2) is 4.67 Å². The summed E-state index contributed by atoms with van der Waals surface area (Å²) in [7, 11) is -3.91. The number of halogens is 1. The summed E-state index contributed by atoms with van der Waals surface area (Å²) in [5.74, 6) is -1.93. The van der Waals surface area contributed by atoms with Gasteiger partial charge in [0.2, 0.25) is 15.8 Å². The van der Waals surface area contributed by atoms with E-state index in [9.17, 15) is 18.3 Å². The van der Waals surface area contributed by atoms with Gasteiger partial charge in [0.05, 0.1) is 0 Å². The van der Waals surface area contributed by atoms with Crippen molar-refractivity contribution in [3.63, 3.8) is 0 Å². The van der Waals surface area contributed by atoms with Gasteiger partial charge in [-0.25, -0.2) is 17.9 Å². The fraction of sp³-hybridized carbons (Fsp3) is 0.583. The van der Waals surface area contributed by atoms with Crippen molar-refractivity contribution in [2.45, 2.75) is 36.6 Å². The summed E-state index contributed by atoms with van der Waals surface area (Å²) in [5, 5.41) is 18.1. The van der Waals surface area contributed by atoms with Crippen LogP contribution in [0.1, 0.15) is 36.2 Å². The molecule has 0 spiro atoms. The maximum atomic E-state index is 12.3. The lowest BCUT2D eigenvalue weighted by molar-refractivity contribution is 0.0661. The first kappa shape index (κ1) is 16.5. The third-order valence-electron chi connectivity index (χ3n) is 3.61. The van der Waals surface area contributed by atoms with Gasteiger partial charge in [-0.05, 0) is 34.7 Å². The zero-order chi connectivity index (χ0) is 15.6. The second-order valence-electron chi connectivity index (χ2n) is 5.01. The molecule has 1 aliphatic carbocycles. The highest BCUT2D eigenvalue weighted by Gasteiger charge is 2.32. The zero-order valence-electron chi connectivity index (χ0n) is 11.1. The Bertz CT molecular complexity index is 626. The van der Waals surface area contributed by atoms with Crippen molar-refractivity contribution in [3.8, 4) is 0 Å². The van der Waals surface area contributed by atoms with E-state index in [-0.39, 0.29) is 28.1 Å². The molecule has 7 nitrogen and oxygen atoms in total. The normalized spacial score (nSPS) is 23.1. The van der Waals surface area contributed by atoms with Gasteiger partial charge < -0.3 is 14.6 Å². The molecule has 21 heavy (non-hydrogen) atoms. The van der Waals surface area contributed by atoms with Crippen molar-refractivity contribution >= 4 is 31.9 Å². The minimum Gasteiger partial charge on any atom is -0.475 e. The number of sulfonamides is 1. The topological polar surface area (TPSA) is 117 Å². The summed E-state index contributed by atoms with van der Waals surface area (Å²) in [6.45, 7) is -0.0832. The van der Waals surface area contributed by atoms with Crippen LogP contribution < -0.4 is 4.72 Å². The smallest absolute Gasteiger partial charge is 0.371 e. The fourth-order valence-electron chi connectivity index (χ4n) is 2.48. The van der Waals surface area contributed by atoms with Gasteiger partial charge in [0.25, 0.3) is 0 Å². The quantitative estimate of drug-likeness (QED) is 0.712. The lowest BCUT2D eigenvalue weighted by Crippen LogP contribution is -2.43. The summed E-state index contributed by atoms with van der Waals surface area (Å²) < 4.78 is 31.9. The van der Waals surface area contributed by atoms with Gasteiger partial charge >= 0.3 is 5.97 Å². The molecule has 3 N–H and O–H groups in total. The van der Waals surface area contributed by atoms with E-state index in [1.165, 1.54) is 0 Å². The molecule has 0 aromatic carbocycles. The van der Waals surface area contributed by atoms with Crippen molar-refractivity contribution in [3.05, 3.63) is 16.5 Å². The zero-order valence-corrected chi connectivity index (χ0v) is 13.5. The second kappa shape index (κ2) is 6.47. The predicted molar refractivity (Wildman–Crippen MR) is 76.5 cm³/mol. The minimum absolute atomic E-state index is 0.0832. The molecule has 1 fully saturated rings. The highest BCUT2D eigenvalue weighted by molar-refractivity contribution is 9.10. The van der Waals surface area contributed by atoms with Crippen LogP contribution in [0.4, 0.5) is 0 Å². The Hall–Kier alpha value is -0.900. The van der Waals surface area contributed by atoms with Gasteiger partial charge in [-0.2, -0.15) is 0 Å². The highest BCUT2D eigenvalue weighted by Crippen LogP contribution is 2.29. The largest absolute Gasteiger partial charge is 0.475 e. The standard InChI is InChI=1S/C12H16BrNO6S/c13-11-10(5-9(20-11)12(16)17)21(18,19)14-8-4-2-1-3-7(8)6-15/h5,7-8,14-15H,1-4,6H2,(H,16,17). The van der Waals surface area contributed by atoms with Crippen LogP contribution in [0, 0.1) is 5.92 Å². The Morgan fingerprint density at radius 1 is 1.43 bits per heavy atom. The van der Waals surface area contributed by atoms with E-state index in [1.807, 2.05) is 0 Å². The number of carbonyl (C=O) groups is 1. The van der Waals surface area contributed by atoms with Crippen LogP contribution >= 0.6 is 15.9 Å². The van der Waals surface area contributed by atoms with Gasteiger partial charge in [0, 0.05) is 18.7 Å². The Balaban J connectivity index is 2.23. The molecule has 0 saturated heterocycles. The van der Waals surface area contributed by atoms with Crippen LogP contribution in [-0.4, -0.2) is 37.2 Å². The average molecular weight is 382 g/mol. The molecule has 0 aliphatic heterocycles. The van der Waals surface area contributed by atoms with Crippen molar-refractivity contribution in [2.75, 3.05) is 6.61 Å². The molecule has 0 radical (unpaired) electrons. The number of hydrogen-bond acceptors (Lipinski definition) is 5. The number of aliphatic hydroxyl groups is 1. The molecule has 0 amide bonds. The van der Waals surface area contributed by atoms with E-state index in [4.69, 9.17) is 9.52 Å². The number of aromatic carboxylic acids is 1. The fourth-order valence-corrected chi connectivity index (χ4v) is 4.76. The van der Waals surface area contributed by atoms with E-state index in [2.05, 4.69) is 20.7 Å². The Morgan fingerprint density at radius 2 is 2.10 bits per heavy atom. The van der Waals surface area contributed by atoms with E-state index >= 15 is 0 Å². The lowest BCUT2D eigenvalue weighted by atomic mass is 9.86. The maximum absolute atomic E-state index is 12.3. The van der Waals surface area contributed by atoms with E-state index in [0.29, 0.717) is 6.42 Å². The molecule has 1 heterocycles. The molecule has 1 aliphatic rings. The monoisotopic (exact) mass is 381 g/mol. The summed E-state index contributed by atoms with van der Waals surface area (Å²) >= 11 is 2.92. The predicted octanol–water partition coefficient (Wildman–Crippen LogP) is 1.57. The molecule has 1 aromatic heterocycles. The third-order valence-corrected chi connectivity index (χ3v) is 5.95. The van der Waals surface area contributed by atoms with Gasteiger partial charge in [0.1, 0.15) is 4.90 Å². The van der Waals surface area contributed by atoms with Crippen molar-refractivity contribution in [1.29, 1.82) is 0 Å². The van der Waals surface area contributed by atoms with Gasteiger partial charge in [-0.15, -0.1) is 0 Å². The van der Waals surface area contributed by atoms with E-state index in [0.717, 1.165) is 25.3 Å². The molecule has 1 aromatic rings. The van der Waals surface area contributed by atoms with Crippen molar-refractivity contribution in [2.24, 2.45) is 5.92 Å². The molecular weight excluding hydrogens is 366 g/mol. The number of nitrogens with one attached hydrogen (secondary N) is 1. The number of rotatable bonds is 5. The summed E-state index contributed by atoms with van der Waals surface area (Å²) in [4.78, 5) is 10.6. The van der Waals surface area contributed by atoms with E-state index < -0.39 is 21.8 Å². The molecule has 118 valence electrons. The number of carboxylic acids is 1. The first-order valence-corrected chi connectivity index (χ1v) is 8.78. The summed E-state index contributed by atoms with van der Waals surface area (Å²) in [5.41, 5.74) is 0. The van der Waals surface area contributed by atoms with Crippen LogP contribution in [-0.2, 0) is 10.0 Å². The van der Waals surface area contributed by atoms with E-state index in [1.54, 1.807) is 0 Å². The Labute approximate surface area is 130 Å². The van der Waals surface area contributed by atoms with Crippen molar-refractivity contribution in [1.82, 2.24) is 4.72 Å². The van der Waals surface area contributed by atoms with Crippen LogP contribution in [0.15, 0.2) is 20.0 Å². The minimum atomic E-state index is -3.91. The molecule has 2 rings (SSSR count). The lowest BCUT2D eigenvalue weighted by Gasteiger charge is -2.30. The highest BCUT2D eigenvalue weighted by atomic mass is 79.9. The SMILES string of the molecule is O=C(O)c1cc(S(=O)(=O)NC2CCCCC2CO)c(Br)o1. The molecule has 2 atom stereocenters. The molecule has 1 saturated carbocycles. The number of hydrogen-bond donors (Lipinski definition) is 3. The molecule has 2 unspecified atom stereocenters. The van der Waals surface area contributed by atoms with Crippen LogP contribution in [0.25, 0.3) is 0 Å². The third kappa shape index (κ3) is 3.65. The molecule has 9 heteroatoms. The Kier molecular flexibility index (Phi) is 5.07. The van der Waals surface area contributed by atoms with Crippen molar-refractivity contribution < 1.29 is 27.8 Å². The van der Waals surface area contributed by atoms with Gasteiger partial charge in [-0.1, -0.05) is 12.8 Å².